The van der Waals surface area contributed by atoms with Crippen LogP contribution in [0.25, 0.3) is 11.1 Å². The highest BCUT2D eigenvalue weighted by Crippen LogP contribution is 2.52. The Morgan fingerprint density at radius 1 is 1.07 bits per heavy atom. The molecule has 1 saturated carbocycles. The molecule has 4 aromatic rings. The average Bonchev–Trinajstić information content (AvgIpc) is 3.81. The fraction of sp³-hybridized carbons (Fsp3) is 0.250. The van der Waals surface area contributed by atoms with Crippen LogP contribution in [-0.2, 0) is 23.2 Å². The van der Waals surface area contributed by atoms with Crippen molar-refractivity contribution in [3.63, 3.8) is 0 Å². The Bertz CT molecular complexity index is 1720. The van der Waals surface area contributed by atoms with Crippen LogP contribution in [0.15, 0.2) is 77.6 Å². The van der Waals surface area contributed by atoms with E-state index in [4.69, 9.17) is 16.6 Å². The quantitative estimate of drug-likeness (QED) is 0.361. The minimum absolute atomic E-state index is 0.0852. The number of carbonyl (C=O) groups excluding carboxylic acids is 1. The molecule has 200 valence electrons. The summed E-state index contributed by atoms with van der Waals surface area (Å²) in [6.07, 6.45) is 1.58. The smallest absolute Gasteiger partial charge is 0.256 e. The van der Waals surface area contributed by atoms with E-state index in [9.17, 15) is 20.0 Å². The maximum Gasteiger partial charge on any atom is 0.256 e. The van der Waals surface area contributed by atoms with Crippen LogP contribution in [0.4, 0.5) is 0 Å². The lowest BCUT2D eigenvalue weighted by atomic mass is 9.94. The number of H-pyrrole nitrogens is 1. The highest BCUT2D eigenvalue weighted by Gasteiger charge is 2.48. The standard InChI is InChI=1S/C32H27ClN4O3/c33-25-10-3-9-24(17-25)32(12-13-32)31-35-27-11-4-14-37(19-26(27)29(39)36-31)30(40)28(38)23-8-2-7-22(16-23)21-6-1-5-20(15-21)18-34/h1-3,5-10,15-17,28,38H,4,11-14,19H2,(H,35,36,39)/t28-/m1/s1. The Balaban J connectivity index is 1.25. The van der Waals surface area contributed by atoms with Crippen molar-refractivity contribution in [2.75, 3.05) is 6.54 Å². The Morgan fingerprint density at radius 2 is 1.82 bits per heavy atom. The third-order valence-electron chi connectivity index (χ3n) is 7.95. The fourth-order valence-corrected chi connectivity index (χ4v) is 5.77. The van der Waals surface area contributed by atoms with Crippen molar-refractivity contribution in [3.8, 4) is 17.2 Å². The zero-order valence-corrected chi connectivity index (χ0v) is 22.5. The van der Waals surface area contributed by atoms with Crippen LogP contribution in [0.2, 0.25) is 5.02 Å². The van der Waals surface area contributed by atoms with Gasteiger partial charge in [0.15, 0.2) is 6.10 Å². The number of halogens is 1. The van der Waals surface area contributed by atoms with E-state index < -0.39 is 12.0 Å². The molecule has 2 N–H and O–H groups in total. The summed E-state index contributed by atoms with van der Waals surface area (Å²) in [5, 5.41) is 20.9. The second kappa shape index (κ2) is 10.4. The number of aryl methyl sites for hydroxylation is 1. The monoisotopic (exact) mass is 550 g/mol. The van der Waals surface area contributed by atoms with Gasteiger partial charge >= 0.3 is 0 Å². The van der Waals surface area contributed by atoms with Crippen molar-refractivity contribution in [3.05, 3.63) is 122 Å². The van der Waals surface area contributed by atoms with Crippen LogP contribution in [0.1, 0.15) is 59.1 Å². The molecule has 0 saturated heterocycles. The molecule has 2 aliphatic rings. The Labute approximate surface area is 236 Å². The molecule has 6 rings (SSSR count). The number of nitriles is 1. The van der Waals surface area contributed by atoms with Gasteiger partial charge in [-0.2, -0.15) is 5.26 Å². The first-order valence-corrected chi connectivity index (χ1v) is 13.7. The number of rotatable bonds is 5. The molecular formula is C32H27ClN4O3. The van der Waals surface area contributed by atoms with Gasteiger partial charge in [0.2, 0.25) is 0 Å². The molecule has 1 aromatic heterocycles. The number of aromatic nitrogens is 2. The van der Waals surface area contributed by atoms with E-state index in [1.165, 1.54) is 0 Å². The molecule has 1 aliphatic carbocycles. The third-order valence-corrected chi connectivity index (χ3v) is 8.18. The van der Waals surface area contributed by atoms with Gasteiger partial charge in [-0.25, -0.2) is 4.98 Å². The van der Waals surface area contributed by atoms with Gasteiger partial charge in [0.1, 0.15) is 5.82 Å². The van der Waals surface area contributed by atoms with E-state index in [0.717, 1.165) is 29.5 Å². The van der Waals surface area contributed by atoms with Crippen molar-refractivity contribution >= 4 is 17.5 Å². The van der Waals surface area contributed by atoms with E-state index in [-0.39, 0.29) is 17.5 Å². The van der Waals surface area contributed by atoms with Gasteiger partial charge in [-0.05, 0) is 78.3 Å². The number of benzene rings is 3. The van der Waals surface area contributed by atoms with Crippen LogP contribution >= 0.6 is 11.6 Å². The van der Waals surface area contributed by atoms with E-state index in [2.05, 4.69) is 11.1 Å². The Hall–Kier alpha value is -4.25. The molecule has 2 heterocycles. The van der Waals surface area contributed by atoms with Crippen LogP contribution < -0.4 is 5.56 Å². The molecule has 7 nitrogen and oxygen atoms in total. The molecule has 1 fully saturated rings. The minimum Gasteiger partial charge on any atom is -0.378 e. The molecule has 0 radical (unpaired) electrons. The third kappa shape index (κ3) is 4.81. The summed E-state index contributed by atoms with van der Waals surface area (Å²) < 4.78 is 0. The van der Waals surface area contributed by atoms with Crippen LogP contribution in [-0.4, -0.2) is 32.4 Å². The molecule has 1 atom stereocenters. The summed E-state index contributed by atoms with van der Waals surface area (Å²) in [6.45, 7) is 0.492. The molecule has 40 heavy (non-hydrogen) atoms. The number of amides is 1. The lowest BCUT2D eigenvalue weighted by molar-refractivity contribution is -0.141. The molecule has 0 unspecified atom stereocenters. The van der Waals surface area contributed by atoms with E-state index >= 15 is 0 Å². The lowest BCUT2D eigenvalue weighted by Gasteiger charge is -2.24. The van der Waals surface area contributed by atoms with Gasteiger partial charge in [-0.1, -0.05) is 54.1 Å². The van der Waals surface area contributed by atoms with E-state index in [0.29, 0.717) is 52.6 Å². The Kier molecular flexibility index (Phi) is 6.75. The summed E-state index contributed by atoms with van der Waals surface area (Å²) in [6, 6.07) is 24.1. The van der Waals surface area contributed by atoms with Crippen molar-refractivity contribution in [2.24, 2.45) is 0 Å². The maximum absolute atomic E-state index is 13.5. The van der Waals surface area contributed by atoms with E-state index in [1.807, 2.05) is 36.4 Å². The largest absolute Gasteiger partial charge is 0.378 e. The minimum atomic E-state index is -1.38. The summed E-state index contributed by atoms with van der Waals surface area (Å²) in [5.41, 5.74) is 4.23. The zero-order valence-electron chi connectivity index (χ0n) is 21.7. The number of aliphatic hydroxyl groups is 1. The lowest BCUT2D eigenvalue weighted by Crippen LogP contribution is -2.36. The van der Waals surface area contributed by atoms with Crippen molar-refractivity contribution in [1.82, 2.24) is 14.9 Å². The van der Waals surface area contributed by atoms with Gasteiger partial charge < -0.3 is 15.0 Å². The molecule has 0 bridgehead atoms. The van der Waals surface area contributed by atoms with Gasteiger partial charge in [0.25, 0.3) is 11.5 Å². The predicted octanol–water partition coefficient (Wildman–Crippen LogP) is 5.05. The van der Waals surface area contributed by atoms with Crippen molar-refractivity contribution < 1.29 is 9.90 Å². The van der Waals surface area contributed by atoms with Gasteiger partial charge in [-0.3, -0.25) is 9.59 Å². The summed E-state index contributed by atoms with van der Waals surface area (Å²) in [7, 11) is 0. The molecule has 8 heteroatoms. The van der Waals surface area contributed by atoms with Crippen LogP contribution in [0, 0.1) is 11.3 Å². The van der Waals surface area contributed by atoms with Crippen LogP contribution in [0.3, 0.4) is 0 Å². The summed E-state index contributed by atoms with van der Waals surface area (Å²) in [5.74, 6) is 0.187. The number of carbonyl (C=O) groups is 1. The molecule has 1 aliphatic heterocycles. The number of hydrogen-bond donors (Lipinski definition) is 2. The number of aliphatic hydroxyl groups excluding tert-OH is 1. The fourth-order valence-electron chi connectivity index (χ4n) is 5.58. The number of hydrogen-bond acceptors (Lipinski definition) is 5. The van der Waals surface area contributed by atoms with Crippen molar-refractivity contribution in [1.29, 1.82) is 5.26 Å². The SMILES string of the molecule is N#Cc1cccc(-c2cccc([C@@H](O)C(=O)N3CCCc4nc(C5(c6cccc(Cl)c6)CC5)[nH]c(=O)c4C3)c2)c1. The first-order valence-electron chi connectivity index (χ1n) is 13.3. The zero-order chi connectivity index (χ0) is 27.9. The molecular weight excluding hydrogens is 524 g/mol. The van der Waals surface area contributed by atoms with Gasteiger partial charge in [0, 0.05) is 11.6 Å². The molecule has 0 spiro atoms. The number of nitrogens with zero attached hydrogens (tertiary/aromatic N) is 3. The summed E-state index contributed by atoms with van der Waals surface area (Å²) in [4.78, 5) is 36.2. The van der Waals surface area contributed by atoms with Crippen LogP contribution in [0.5, 0.6) is 0 Å². The predicted molar refractivity (Wildman–Crippen MR) is 152 cm³/mol. The highest BCUT2D eigenvalue weighted by atomic mass is 35.5. The normalized spacial score (nSPS) is 16.4. The maximum atomic E-state index is 13.5. The van der Waals surface area contributed by atoms with Gasteiger partial charge in [-0.15, -0.1) is 0 Å². The summed E-state index contributed by atoms with van der Waals surface area (Å²) >= 11 is 6.24. The number of nitrogens with one attached hydrogen (secondary N) is 1. The topological polar surface area (TPSA) is 110 Å². The first-order chi connectivity index (χ1) is 19.4. The van der Waals surface area contributed by atoms with Gasteiger partial charge in [0.05, 0.1) is 34.8 Å². The second-order valence-electron chi connectivity index (χ2n) is 10.5. The molecule has 3 aromatic carbocycles. The number of aromatic amines is 1. The van der Waals surface area contributed by atoms with Crippen molar-refractivity contribution in [2.45, 2.75) is 43.7 Å². The Morgan fingerprint density at radius 3 is 2.58 bits per heavy atom. The molecule has 1 amide bonds. The van der Waals surface area contributed by atoms with E-state index in [1.54, 1.807) is 41.3 Å². The number of fused-ring (bicyclic) bond motifs is 1. The average molecular weight is 551 g/mol. The highest BCUT2D eigenvalue weighted by molar-refractivity contribution is 6.30. The first kappa shape index (κ1) is 26.0. The second-order valence-corrected chi connectivity index (χ2v) is 11.0.